The normalized spacial score (nSPS) is 26.3. The van der Waals surface area contributed by atoms with Crippen LogP contribution >= 0.6 is 0 Å². The summed E-state index contributed by atoms with van der Waals surface area (Å²) in [4.78, 5) is 25.6. The first-order valence-corrected chi connectivity index (χ1v) is 26.1. The Morgan fingerprint density at radius 3 is 1.20 bits per heavy atom. The van der Waals surface area contributed by atoms with Crippen molar-refractivity contribution in [3.05, 3.63) is 0 Å². The van der Waals surface area contributed by atoms with E-state index in [0.29, 0.717) is 12.8 Å². The Labute approximate surface area is 391 Å². The summed E-state index contributed by atoms with van der Waals surface area (Å²) in [5, 5.41) is 71.9. The summed E-state index contributed by atoms with van der Waals surface area (Å²) in [6.45, 7) is 2.57. The van der Waals surface area contributed by atoms with Crippen LogP contribution in [0.1, 0.15) is 213 Å². The van der Waals surface area contributed by atoms with Gasteiger partial charge in [0.25, 0.3) is 0 Å². The molecule has 0 amide bonds. The van der Waals surface area contributed by atoms with E-state index in [0.717, 1.165) is 44.9 Å². The Kier molecular flexibility index (Phi) is 35.2. The van der Waals surface area contributed by atoms with E-state index in [-0.39, 0.29) is 26.1 Å². The van der Waals surface area contributed by atoms with Crippen LogP contribution < -0.4 is 0 Å². The van der Waals surface area contributed by atoms with Crippen molar-refractivity contribution in [2.45, 2.75) is 280 Å². The van der Waals surface area contributed by atoms with Crippen LogP contribution in [0.15, 0.2) is 0 Å². The van der Waals surface area contributed by atoms with E-state index in [1.165, 1.54) is 128 Å². The molecule has 2 heterocycles. The van der Waals surface area contributed by atoms with Crippen LogP contribution in [0.25, 0.3) is 0 Å². The zero-order valence-electron chi connectivity index (χ0n) is 40.5. The molecule has 2 aliphatic heterocycles. The molecule has 15 heteroatoms. The Morgan fingerprint density at radius 1 is 0.431 bits per heavy atom. The smallest absolute Gasteiger partial charge is 0.306 e. The van der Waals surface area contributed by atoms with Crippen molar-refractivity contribution in [3.63, 3.8) is 0 Å². The summed E-state index contributed by atoms with van der Waals surface area (Å²) in [7, 11) is 0. The highest BCUT2D eigenvalue weighted by Crippen LogP contribution is 2.27. The molecule has 0 saturated carbocycles. The molecule has 0 spiro atoms. The number of rotatable bonds is 41. The highest BCUT2D eigenvalue weighted by atomic mass is 16.7. The van der Waals surface area contributed by atoms with Crippen molar-refractivity contribution in [2.24, 2.45) is 0 Å². The van der Waals surface area contributed by atoms with Crippen molar-refractivity contribution in [2.75, 3.05) is 26.4 Å². The molecule has 2 fully saturated rings. The summed E-state index contributed by atoms with van der Waals surface area (Å²) in [6, 6.07) is 0. The molecule has 2 aliphatic rings. The molecular weight excluding hydrogens is 841 g/mol. The van der Waals surface area contributed by atoms with Crippen molar-refractivity contribution in [1.29, 1.82) is 0 Å². The molecule has 11 unspecified atom stereocenters. The molecule has 7 N–H and O–H groups in total. The summed E-state index contributed by atoms with van der Waals surface area (Å²) >= 11 is 0. The molecular formula is C50H94O15. The third-order valence-corrected chi connectivity index (χ3v) is 12.8. The van der Waals surface area contributed by atoms with E-state index >= 15 is 0 Å². The fraction of sp³-hybridized carbons (Fsp3) is 0.960. The number of aliphatic hydroxyl groups excluding tert-OH is 7. The van der Waals surface area contributed by atoms with E-state index < -0.39 is 92.7 Å². The second kappa shape index (κ2) is 38.4. The molecule has 0 aromatic rings. The number of carbonyl (C=O) groups excluding carboxylic acids is 2. The zero-order chi connectivity index (χ0) is 47.5. The van der Waals surface area contributed by atoms with E-state index in [1.54, 1.807) is 0 Å². The SMILES string of the molecule is CCCCCCCCCCCCCCCCCCCCCCCCC(=O)OC(COC(=O)CCCCCCCCC)COC1OC(COC2OC(CO)C(O)C(O)C2O)C(O)C(O)C1O. The molecule has 0 radical (unpaired) electrons. The molecule has 0 bridgehead atoms. The third kappa shape index (κ3) is 26.7. The maximum Gasteiger partial charge on any atom is 0.306 e. The van der Waals surface area contributed by atoms with Gasteiger partial charge in [0.15, 0.2) is 18.7 Å². The number of hydrogen-bond donors (Lipinski definition) is 7. The largest absolute Gasteiger partial charge is 0.462 e. The number of hydrogen-bond acceptors (Lipinski definition) is 15. The van der Waals surface area contributed by atoms with Crippen LogP contribution in [0.3, 0.4) is 0 Å². The second-order valence-electron chi connectivity index (χ2n) is 18.7. The van der Waals surface area contributed by atoms with Crippen LogP contribution in [0.5, 0.6) is 0 Å². The average molecular weight is 935 g/mol. The van der Waals surface area contributed by atoms with Gasteiger partial charge in [0.1, 0.15) is 55.4 Å². The highest BCUT2D eigenvalue weighted by Gasteiger charge is 2.47. The molecule has 11 atom stereocenters. The fourth-order valence-corrected chi connectivity index (χ4v) is 8.51. The molecule has 0 aromatic heterocycles. The lowest BCUT2D eigenvalue weighted by atomic mass is 9.98. The van der Waals surface area contributed by atoms with Crippen molar-refractivity contribution < 1.29 is 73.8 Å². The van der Waals surface area contributed by atoms with Gasteiger partial charge in [-0.05, 0) is 12.8 Å². The van der Waals surface area contributed by atoms with E-state index in [1.807, 2.05) is 0 Å². The van der Waals surface area contributed by atoms with Gasteiger partial charge in [0.05, 0.1) is 19.8 Å². The monoisotopic (exact) mass is 935 g/mol. The standard InChI is InChI=1S/C50H94O15/c1-3-5-7-9-11-12-13-14-15-16-17-18-19-20-21-22-23-24-25-27-29-31-33-42(53)63-38(35-60-41(52)32-30-28-26-10-8-6-4-2)36-61-49-48(59)46(57)44(55)40(65-49)37-62-50-47(58)45(56)43(54)39(34-51)64-50/h38-40,43-51,54-59H,3-37H2,1-2H3. The third-order valence-electron chi connectivity index (χ3n) is 12.8. The molecule has 2 saturated heterocycles. The van der Waals surface area contributed by atoms with Crippen LogP contribution in [0, 0.1) is 0 Å². The Morgan fingerprint density at radius 2 is 0.785 bits per heavy atom. The molecule has 384 valence electrons. The van der Waals surface area contributed by atoms with Gasteiger partial charge in [-0.3, -0.25) is 9.59 Å². The van der Waals surface area contributed by atoms with Crippen LogP contribution in [0.4, 0.5) is 0 Å². The summed E-state index contributed by atoms with van der Waals surface area (Å²) in [6.07, 6.45) is 18.9. The molecule has 15 nitrogen and oxygen atoms in total. The fourth-order valence-electron chi connectivity index (χ4n) is 8.51. The van der Waals surface area contributed by atoms with Gasteiger partial charge < -0.3 is 64.2 Å². The number of unbranched alkanes of at least 4 members (excludes halogenated alkanes) is 27. The van der Waals surface area contributed by atoms with E-state index in [2.05, 4.69) is 13.8 Å². The first-order valence-electron chi connectivity index (χ1n) is 26.1. The summed E-state index contributed by atoms with van der Waals surface area (Å²) < 4.78 is 33.5. The summed E-state index contributed by atoms with van der Waals surface area (Å²) in [5.74, 6) is -0.918. The minimum atomic E-state index is -1.76. The van der Waals surface area contributed by atoms with Gasteiger partial charge in [-0.2, -0.15) is 0 Å². The lowest BCUT2D eigenvalue weighted by Gasteiger charge is -2.42. The molecule has 0 aromatic carbocycles. The summed E-state index contributed by atoms with van der Waals surface area (Å²) in [5.41, 5.74) is 0. The van der Waals surface area contributed by atoms with Gasteiger partial charge in [-0.1, -0.05) is 187 Å². The van der Waals surface area contributed by atoms with Crippen molar-refractivity contribution in [3.8, 4) is 0 Å². The number of carbonyl (C=O) groups is 2. The Bertz CT molecular complexity index is 1150. The van der Waals surface area contributed by atoms with Crippen molar-refractivity contribution in [1.82, 2.24) is 0 Å². The van der Waals surface area contributed by atoms with E-state index in [9.17, 15) is 45.3 Å². The number of ether oxygens (including phenoxy) is 6. The van der Waals surface area contributed by atoms with Gasteiger partial charge in [-0.25, -0.2) is 0 Å². The van der Waals surface area contributed by atoms with Crippen molar-refractivity contribution >= 4 is 11.9 Å². The maximum atomic E-state index is 13.0. The number of esters is 2. The average Bonchev–Trinajstić information content (AvgIpc) is 3.30. The maximum absolute atomic E-state index is 13.0. The van der Waals surface area contributed by atoms with Gasteiger partial charge in [0, 0.05) is 12.8 Å². The second-order valence-corrected chi connectivity index (χ2v) is 18.7. The first-order chi connectivity index (χ1) is 31.5. The number of aliphatic hydroxyl groups is 7. The van der Waals surface area contributed by atoms with Crippen LogP contribution in [-0.4, -0.2) is 142 Å². The van der Waals surface area contributed by atoms with Gasteiger partial charge >= 0.3 is 11.9 Å². The lowest BCUT2D eigenvalue weighted by Crippen LogP contribution is -2.61. The Hall–Kier alpha value is -1.50. The Balaban J connectivity index is 1.71. The van der Waals surface area contributed by atoms with Crippen LogP contribution in [-0.2, 0) is 38.0 Å². The zero-order valence-corrected chi connectivity index (χ0v) is 40.5. The molecule has 65 heavy (non-hydrogen) atoms. The van der Waals surface area contributed by atoms with Gasteiger partial charge in [-0.15, -0.1) is 0 Å². The molecule has 0 aliphatic carbocycles. The lowest BCUT2D eigenvalue weighted by molar-refractivity contribution is -0.332. The predicted molar refractivity (Wildman–Crippen MR) is 248 cm³/mol. The minimum Gasteiger partial charge on any atom is -0.462 e. The highest BCUT2D eigenvalue weighted by molar-refractivity contribution is 5.70. The van der Waals surface area contributed by atoms with Gasteiger partial charge in [0.2, 0.25) is 0 Å². The van der Waals surface area contributed by atoms with E-state index in [4.69, 9.17) is 28.4 Å². The predicted octanol–water partition coefficient (Wildman–Crippen LogP) is 7.22. The van der Waals surface area contributed by atoms with Crippen LogP contribution in [0.2, 0.25) is 0 Å². The topological polar surface area (TPSA) is 231 Å². The first kappa shape index (κ1) is 59.6. The quantitative estimate of drug-likeness (QED) is 0.0237. The molecule has 2 rings (SSSR count). The minimum absolute atomic E-state index is 0.173.